The maximum Gasteiger partial charge on any atom is 0.376 e. The van der Waals surface area contributed by atoms with Crippen molar-refractivity contribution in [1.29, 1.82) is 0 Å². The predicted octanol–water partition coefficient (Wildman–Crippen LogP) is 3.89. The highest BCUT2D eigenvalue weighted by molar-refractivity contribution is 5.91. The highest BCUT2D eigenvalue weighted by atomic mass is 16.5. The third kappa shape index (κ3) is 3.71. The highest BCUT2D eigenvalue weighted by Crippen LogP contribution is 2.32. The minimum absolute atomic E-state index is 0.00677. The minimum atomic E-state index is -0.513. The lowest BCUT2D eigenvalue weighted by Gasteiger charge is -2.30. The van der Waals surface area contributed by atoms with Crippen LogP contribution in [0.2, 0.25) is 0 Å². The first-order valence-corrected chi connectivity index (χ1v) is 10.6. The van der Waals surface area contributed by atoms with E-state index in [2.05, 4.69) is 26.4 Å². The van der Waals surface area contributed by atoms with Crippen molar-refractivity contribution >= 4 is 23.0 Å². The van der Waals surface area contributed by atoms with Crippen molar-refractivity contribution in [3.63, 3.8) is 0 Å². The van der Waals surface area contributed by atoms with Crippen LogP contribution < -0.4 is 5.73 Å². The molecule has 0 spiro atoms. The molecule has 0 radical (unpaired) electrons. The summed E-state index contributed by atoms with van der Waals surface area (Å²) in [6.45, 7) is 7.11. The van der Waals surface area contributed by atoms with Gasteiger partial charge < -0.3 is 15.0 Å². The van der Waals surface area contributed by atoms with Gasteiger partial charge in [0, 0.05) is 6.54 Å². The van der Waals surface area contributed by atoms with Crippen LogP contribution in [0.4, 0.5) is 5.82 Å². The lowest BCUT2D eigenvalue weighted by atomic mass is 9.82. The molecule has 2 heterocycles. The summed E-state index contributed by atoms with van der Waals surface area (Å²) in [6.07, 6.45) is 8.32. The second-order valence-electron chi connectivity index (χ2n) is 8.80. The Bertz CT molecular complexity index is 865. The Kier molecular flexibility index (Phi) is 5.25. The Morgan fingerprint density at radius 1 is 1.18 bits per heavy atom. The van der Waals surface area contributed by atoms with E-state index in [1.54, 1.807) is 0 Å². The Labute approximate surface area is 166 Å². The summed E-state index contributed by atoms with van der Waals surface area (Å²) in [5.41, 5.74) is 7.46. The molecule has 2 aromatic heterocycles. The molecule has 1 atom stereocenters. The summed E-state index contributed by atoms with van der Waals surface area (Å²) in [6, 6.07) is 0. The molecule has 4 rings (SSSR count). The third-order valence-corrected chi connectivity index (χ3v) is 6.69. The molecule has 2 saturated carbocycles. The molecule has 0 amide bonds. The molecule has 0 aromatic carbocycles. The smallest absolute Gasteiger partial charge is 0.376 e. The zero-order valence-electron chi connectivity index (χ0n) is 17.1. The molecule has 0 bridgehead atoms. The van der Waals surface area contributed by atoms with Crippen LogP contribution in [0.15, 0.2) is 0 Å². The van der Waals surface area contributed by atoms with Gasteiger partial charge in [0.15, 0.2) is 11.5 Å². The molecule has 0 saturated heterocycles. The number of imidazole rings is 1. The number of esters is 1. The van der Waals surface area contributed by atoms with Crippen LogP contribution in [0.5, 0.6) is 0 Å². The highest BCUT2D eigenvalue weighted by Gasteiger charge is 2.29. The number of nitrogens with zero attached hydrogens (tertiary/aromatic N) is 4. The zero-order valence-corrected chi connectivity index (χ0v) is 17.1. The average molecular weight is 386 g/mol. The van der Waals surface area contributed by atoms with Gasteiger partial charge in [-0.2, -0.15) is 0 Å². The van der Waals surface area contributed by atoms with Gasteiger partial charge in [-0.25, -0.2) is 19.7 Å². The second-order valence-corrected chi connectivity index (χ2v) is 8.80. The summed E-state index contributed by atoms with van der Waals surface area (Å²) in [4.78, 5) is 25.7. The van der Waals surface area contributed by atoms with Gasteiger partial charge in [0.1, 0.15) is 17.4 Å². The van der Waals surface area contributed by atoms with E-state index in [1.165, 1.54) is 32.1 Å². The van der Waals surface area contributed by atoms with E-state index in [-0.39, 0.29) is 11.9 Å². The lowest BCUT2D eigenvalue weighted by molar-refractivity contribution is 0.00539. The van der Waals surface area contributed by atoms with E-state index in [0.717, 1.165) is 36.6 Å². The van der Waals surface area contributed by atoms with E-state index < -0.39 is 5.97 Å². The van der Waals surface area contributed by atoms with Crippen molar-refractivity contribution < 1.29 is 9.53 Å². The molecule has 1 unspecified atom stereocenters. The monoisotopic (exact) mass is 385 g/mol. The Hall–Kier alpha value is -2.18. The number of ether oxygens (including phenoxy) is 1. The SMILES string of the molecule is Cc1nc2nc(C(=O)OC(C)C3CCC3)nc(N)c2n1C[C@H]1CC[C@H](C)CC1. The first-order chi connectivity index (χ1) is 13.4. The number of nitrogens with two attached hydrogens (primary N) is 1. The number of aromatic nitrogens is 4. The second kappa shape index (κ2) is 7.68. The van der Waals surface area contributed by atoms with Gasteiger partial charge >= 0.3 is 5.97 Å². The molecule has 2 aromatic rings. The maximum atomic E-state index is 12.5. The zero-order chi connectivity index (χ0) is 19.8. The summed E-state index contributed by atoms with van der Waals surface area (Å²) in [5.74, 6) is 2.56. The van der Waals surface area contributed by atoms with Crippen molar-refractivity contribution in [2.75, 3.05) is 5.73 Å². The summed E-state index contributed by atoms with van der Waals surface area (Å²) < 4.78 is 7.68. The van der Waals surface area contributed by atoms with Gasteiger partial charge in [-0.15, -0.1) is 0 Å². The number of carbonyl (C=O) groups is 1. The molecule has 2 N–H and O–H groups in total. The first kappa shape index (κ1) is 19.2. The van der Waals surface area contributed by atoms with Crippen LogP contribution in [0, 0.1) is 24.7 Å². The van der Waals surface area contributed by atoms with Crippen LogP contribution >= 0.6 is 0 Å². The van der Waals surface area contributed by atoms with Gasteiger partial charge in [-0.3, -0.25) is 0 Å². The number of hydrogen-bond donors (Lipinski definition) is 1. The molecular weight excluding hydrogens is 354 g/mol. The van der Waals surface area contributed by atoms with Crippen LogP contribution in [-0.4, -0.2) is 31.6 Å². The van der Waals surface area contributed by atoms with E-state index >= 15 is 0 Å². The van der Waals surface area contributed by atoms with E-state index in [9.17, 15) is 4.79 Å². The Balaban J connectivity index is 1.55. The van der Waals surface area contributed by atoms with Crippen LogP contribution in [-0.2, 0) is 11.3 Å². The van der Waals surface area contributed by atoms with Gasteiger partial charge in [0.25, 0.3) is 0 Å². The fraction of sp³-hybridized carbons (Fsp3) is 0.714. The molecule has 7 heteroatoms. The number of nitrogen functional groups attached to an aromatic ring is 1. The molecule has 2 aliphatic carbocycles. The van der Waals surface area contributed by atoms with Crippen molar-refractivity contribution in [1.82, 2.24) is 19.5 Å². The quantitative estimate of drug-likeness (QED) is 0.785. The fourth-order valence-corrected chi connectivity index (χ4v) is 4.48. The van der Waals surface area contributed by atoms with Crippen LogP contribution in [0.1, 0.15) is 75.2 Å². The number of aryl methyl sites for hydroxylation is 1. The van der Waals surface area contributed by atoms with Crippen molar-refractivity contribution in [2.45, 2.75) is 78.4 Å². The minimum Gasteiger partial charge on any atom is -0.456 e. The normalized spacial score (nSPS) is 24.1. The number of rotatable bonds is 5. The van der Waals surface area contributed by atoms with E-state index in [0.29, 0.717) is 23.3 Å². The molecular formula is C21H31N5O2. The molecule has 2 aliphatic rings. The van der Waals surface area contributed by atoms with Gasteiger partial charge in [0.2, 0.25) is 5.82 Å². The van der Waals surface area contributed by atoms with Crippen LogP contribution in [0.25, 0.3) is 11.2 Å². The molecule has 7 nitrogen and oxygen atoms in total. The standard InChI is InChI=1S/C21H31N5O2/c1-12-7-9-15(10-8-12)11-26-14(3)23-19-17(26)18(22)24-20(25-19)21(27)28-13(2)16-5-4-6-16/h12-13,15-16H,4-11H2,1-3H3,(H2,22,24,25)/t12-,13?,15-. The summed E-state index contributed by atoms with van der Waals surface area (Å²) >= 11 is 0. The first-order valence-electron chi connectivity index (χ1n) is 10.6. The summed E-state index contributed by atoms with van der Waals surface area (Å²) in [5, 5.41) is 0. The third-order valence-electron chi connectivity index (χ3n) is 6.69. The van der Waals surface area contributed by atoms with Crippen molar-refractivity contribution in [3.05, 3.63) is 11.6 Å². The lowest BCUT2D eigenvalue weighted by Crippen LogP contribution is -2.29. The van der Waals surface area contributed by atoms with Gasteiger partial charge in [0.05, 0.1) is 0 Å². The van der Waals surface area contributed by atoms with Crippen molar-refractivity contribution in [3.8, 4) is 0 Å². The van der Waals surface area contributed by atoms with Gasteiger partial charge in [-0.05, 0) is 57.3 Å². The molecule has 2 fully saturated rings. The fourth-order valence-electron chi connectivity index (χ4n) is 4.48. The number of fused-ring (bicyclic) bond motifs is 1. The Morgan fingerprint density at radius 2 is 1.89 bits per heavy atom. The summed E-state index contributed by atoms with van der Waals surface area (Å²) in [7, 11) is 0. The number of anilines is 1. The van der Waals surface area contributed by atoms with Crippen molar-refractivity contribution in [2.24, 2.45) is 17.8 Å². The topological polar surface area (TPSA) is 95.9 Å². The maximum absolute atomic E-state index is 12.5. The van der Waals surface area contributed by atoms with Crippen LogP contribution in [0.3, 0.4) is 0 Å². The molecule has 28 heavy (non-hydrogen) atoms. The Morgan fingerprint density at radius 3 is 2.54 bits per heavy atom. The predicted molar refractivity (Wildman–Crippen MR) is 108 cm³/mol. The molecule has 152 valence electrons. The largest absolute Gasteiger partial charge is 0.456 e. The van der Waals surface area contributed by atoms with Gasteiger partial charge in [-0.1, -0.05) is 26.2 Å². The number of hydrogen-bond acceptors (Lipinski definition) is 6. The van der Waals surface area contributed by atoms with E-state index in [1.807, 2.05) is 13.8 Å². The van der Waals surface area contributed by atoms with E-state index in [4.69, 9.17) is 10.5 Å². The number of carbonyl (C=O) groups excluding carboxylic acids is 1. The average Bonchev–Trinajstić information content (AvgIpc) is 2.91. The molecule has 0 aliphatic heterocycles.